The highest BCUT2D eigenvalue weighted by molar-refractivity contribution is 5.66. The predicted octanol–water partition coefficient (Wildman–Crippen LogP) is 1.20. The van der Waals surface area contributed by atoms with E-state index in [0.29, 0.717) is 6.54 Å². The van der Waals surface area contributed by atoms with Crippen LogP contribution in [-0.2, 0) is 4.74 Å². The van der Waals surface area contributed by atoms with Gasteiger partial charge in [-0.1, -0.05) is 6.08 Å². The molecule has 0 saturated heterocycles. The quantitative estimate of drug-likeness (QED) is 0.382. The Kier molecular flexibility index (Phi) is 4.36. The Hall–Kier alpha value is -1.03. The fraction of sp³-hybridized carbons (Fsp3) is 0.625. The van der Waals surface area contributed by atoms with Crippen molar-refractivity contribution in [3.63, 3.8) is 0 Å². The van der Waals surface area contributed by atoms with E-state index in [0.717, 1.165) is 0 Å². The molecule has 0 aliphatic rings. The van der Waals surface area contributed by atoms with Crippen LogP contribution in [0.3, 0.4) is 0 Å². The van der Waals surface area contributed by atoms with Crippen molar-refractivity contribution in [3.05, 3.63) is 12.7 Å². The number of amides is 1. The molecule has 0 aliphatic heterocycles. The molecule has 4 nitrogen and oxygen atoms in total. The summed E-state index contributed by atoms with van der Waals surface area (Å²) in [4.78, 5) is 10.9. The average Bonchev–Trinajstić information content (AvgIpc) is 1.84. The summed E-state index contributed by atoms with van der Waals surface area (Å²) in [7, 11) is 0. The first-order chi connectivity index (χ1) is 5.45. The van der Waals surface area contributed by atoms with Gasteiger partial charge in [0.15, 0.2) is 0 Å². The minimum Gasteiger partial charge on any atom is -0.443 e. The largest absolute Gasteiger partial charge is 0.443 e. The van der Waals surface area contributed by atoms with Crippen LogP contribution in [-0.4, -0.2) is 18.2 Å². The number of hydrazine groups is 1. The summed E-state index contributed by atoms with van der Waals surface area (Å²) in [5.74, 6) is 0. The molecule has 12 heavy (non-hydrogen) atoms. The second kappa shape index (κ2) is 4.77. The van der Waals surface area contributed by atoms with E-state index in [1.807, 2.05) is 0 Å². The van der Waals surface area contributed by atoms with E-state index >= 15 is 0 Å². The number of rotatable bonds is 3. The molecule has 0 saturated carbocycles. The van der Waals surface area contributed by atoms with Crippen molar-refractivity contribution < 1.29 is 9.53 Å². The summed E-state index contributed by atoms with van der Waals surface area (Å²) >= 11 is 0. The molecule has 0 heterocycles. The molecule has 0 aromatic rings. The fourth-order valence-corrected chi connectivity index (χ4v) is 0.499. The van der Waals surface area contributed by atoms with Gasteiger partial charge in [0.05, 0.1) is 0 Å². The number of ether oxygens (including phenoxy) is 1. The Morgan fingerprint density at radius 3 is 2.58 bits per heavy atom. The lowest BCUT2D eigenvalue weighted by atomic mass is 10.2. The molecule has 0 aromatic heterocycles. The van der Waals surface area contributed by atoms with Crippen LogP contribution in [0.5, 0.6) is 0 Å². The van der Waals surface area contributed by atoms with Gasteiger partial charge in [0.1, 0.15) is 5.60 Å². The van der Waals surface area contributed by atoms with Gasteiger partial charge in [-0.05, 0) is 20.8 Å². The topological polar surface area (TPSA) is 50.4 Å². The molecule has 1 amide bonds. The second-order valence-electron chi connectivity index (χ2n) is 3.30. The number of hydrogen-bond donors (Lipinski definition) is 2. The van der Waals surface area contributed by atoms with E-state index in [1.54, 1.807) is 26.8 Å². The van der Waals surface area contributed by atoms with Crippen LogP contribution >= 0.6 is 0 Å². The molecule has 0 spiro atoms. The molecular weight excluding hydrogens is 156 g/mol. The van der Waals surface area contributed by atoms with Crippen molar-refractivity contribution in [3.8, 4) is 0 Å². The summed E-state index contributed by atoms with van der Waals surface area (Å²) in [6.07, 6.45) is 1.15. The first-order valence-corrected chi connectivity index (χ1v) is 3.78. The normalized spacial score (nSPS) is 10.6. The van der Waals surface area contributed by atoms with Crippen LogP contribution in [0.25, 0.3) is 0 Å². The van der Waals surface area contributed by atoms with Gasteiger partial charge in [-0.25, -0.2) is 10.2 Å². The first-order valence-electron chi connectivity index (χ1n) is 3.78. The van der Waals surface area contributed by atoms with E-state index < -0.39 is 11.7 Å². The van der Waals surface area contributed by atoms with Crippen LogP contribution in [0.15, 0.2) is 12.7 Å². The molecule has 0 radical (unpaired) electrons. The molecule has 0 aliphatic carbocycles. The average molecular weight is 172 g/mol. The van der Waals surface area contributed by atoms with Crippen LogP contribution in [0.2, 0.25) is 0 Å². The minimum atomic E-state index is -0.482. The van der Waals surface area contributed by atoms with E-state index in [-0.39, 0.29) is 0 Å². The predicted molar refractivity (Wildman–Crippen MR) is 47.6 cm³/mol. The van der Waals surface area contributed by atoms with Crippen molar-refractivity contribution in [1.82, 2.24) is 10.9 Å². The maximum absolute atomic E-state index is 10.9. The third-order valence-electron chi connectivity index (χ3n) is 0.836. The molecule has 2 N–H and O–H groups in total. The number of nitrogens with one attached hydrogen (secondary N) is 2. The number of hydrogen-bond acceptors (Lipinski definition) is 3. The van der Waals surface area contributed by atoms with Crippen LogP contribution < -0.4 is 10.9 Å². The molecule has 0 bridgehead atoms. The highest BCUT2D eigenvalue weighted by Crippen LogP contribution is 2.05. The van der Waals surface area contributed by atoms with Gasteiger partial charge in [-0.3, -0.25) is 5.43 Å². The van der Waals surface area contributed by atoms with E-state index in [4.69, 9.17) is 4.74 Å². The van der Waals surface area contributed by atoms with Gasteiger partial charge < -0.3 is 4.74 Å². The Balaban J connectivity index is 3.53. The van der Waals surface area contributed by atoms with Gasteiger partial charge in [-0.2, -0.15) is 0 Å². The minimum absolute atomic E-state index is 0.458. The maximum atomic E-state index is 10.9. The number of carbonyl (C=O) groups excluding carboxylic acids is 1. The second-order valence-corrected chi connectivity index (χ2v) is 3.30. The molecule has 0 rings (SSSR count). The van der Waals surface area contributed by atoms with E-state index in [2.05, 4.69) is 17.4 Å². The Bertz CT molecular complexity index is 161. The zero-order valence-electron chi connectivity index (χ0n) is 7.81. The molecule has 0 unspecified atom stereocenters. The molecule has 0 atom stereocenters. The molecule has 4 heteroatoms. The zero-order chi connectivity index (χ0) is 9.61. The highest BCUT2D eigenvalue weighted by atomic mass is 16.6. The summed E-state index contributed by atoms with van der Waals surface area (Å²) in [5, 5.41) is 0. The van der Waals surface area contributed by atoms with Crippen LogP contribution in [0.4, 0.5) is 4.79 Å². The first kappa shape index (κ1) is 11.0. The monoisotopic (exact) mass is 172 g/mol. The smallest absolute Gasteiger partial charge is 0.422 e. The standard InChI is InChI=1S/C8H16N2O2/c1-5-6-9-10-7(11)12-8(2,3)4/h5,9H,1,6H2,2-4H3,(H,10,11). The summed E-state index contributed by atoms with van der Waals surface area (Å²) in [6.45, 7) is 9.41. The van der Waals surface area contributed by atoms with Crippen molar-refractivity contribution in [2.45, 2.75) is 26.4 Å². The zero-order valence-corrected chi connectivity index (χ0v) is 7.81. The lowest BCUT2D eigenvalue weighted by molar-refractivity contribution is 0.0501. The highest BCUT2D eigenvalue weighted by Gasteiger charge is 2.15. The molecule has 0 aromatic carbocycles. The number of carbonyl (C=O) groups is 1. The summed E-state index contributed by atoms with van der Waals surface area (Å²) in [5.41, 5.74) is 4.51. The maximum Gasteiger partial charge on any atom is 0.422 e. The van der Waals surface area contributed by atoms with Crippen molar-refractivity contribution in [1.29, 1.82) is 0 Å². The third kappa shape index (κ3) is 7.08. The van der Waals surface area contributed by atoms with Gasteiger partial charge >= 0.3 is 6.09 Å². The Morgan fingerprint density at radius 1 is 1.58 bits per heavy atom. The Morgan fingerprint density at radius 2 is 2.17 bits per heavy atom. The van der Waals surface area contributed by atoms with Crippen molar-refractivity contribution in [2.24, 2.45) is 0 Å². The van der Waals surface area contributed by atoms with Gasteiger partial charge in [0.2, 0.25) is 0 Å². The van der Waals surface area contributed by atoms with Gasteiger partial charge in [0, 0.05) is 6.54 Å². The van der Waals surface area contributed by atoms with Crippen molar-refractivity contribution in [2.75, 3.05) is 6.54 Å². The Labute approximate surface area is 72.9 Å². The molecular formula is C8H16N2O2. The lowest BCUT2D eigenvalue weighted by Crippen LogP contribution is -2.41. The van der Waals surface area contributed by atoms with Gasteiger partial charge in [-0.15, -0.1) is 6.58 Å². The lowest BCUT2D eigenvalue weighted by Gasteiger charge is -2.19. The van der Waals surface area contributed by atoms with Crippen LogP contribution in [0, 0.1) is 0 Å². The summed E-state index contributed by atoms with van der Waals surface area (Å²) in [6, 6.07) is 0. The molecule has 70 valence electrons. The SMILES string of the molecule is C=CCNNC(=O)OC(C)(C)C. The molecule has 0 fully saturated rings. The fourth-order valence-electron chi connectivity index (χ4n) is 0.499. The van der Waals surface area contributed by atoms with Crippen LogP contribution in [0.1, 0.15) is 20.8 Å². The van der Waals surface area contributed by atoms with E-state index in [1.165, 1.54) is 0 Å². The van der Waals surface area contributed by atoms with Gasteiger partial charge in [0.25, 0.3) is 0 Å². The third-order valence-corrected chi connectivity index (χ3v) is 0.836. The van der Waals surface area contributed by atoms with E-state index in [9.17, 15) is 4.79 Å². The summed E-state index contributed by atoms with van der Waals surface area (Å²) < 4.78 is 4.94. The van der Waals surface area contributed by atoms with Crippen molar-refractivity contribution >= 4 is 6.09 Å².